The number of carbonyl (C=O) groups excluding carboxylic acids is 4. The SMILES string of the molecule is CC.CC(C)c1ccc(-c2ccccc2)cc1.O=C1C=CC(=O)N1c1ccc(C(c2ccc(-c3ccccc3)cc2)c2ccc(N3C(=O)C=CC3=O)cc2)cc1. The lowest BCUT2D eigenvalue weighted by Crippen LogP contribution is -2.29. The van der Waals surface area contributed by atoms with Crippen molar-refractivity contribution in [2.45, 2.75) is 39.5 Å². The molecule has 6 aromatic rings. The van der Waals surface area contributed by atoms with Gasteiger partial charge in [-0.1, -0.05) is 161 Å². The number of benzene rings is 6. The fourth-order valence-corrected chi connectivity index (χ4v) is 6.71. The van der Waals surface area contributed by atoms with Crippen LogP contribution in [-0.4, -0.2) is 23.6 Å². The molecule has 0 N–H and O–H groups in total. The minimum atomic E-state index is -0.364. The number of nitrogens with zero attached hydrogens (tertiary/aromatic N) is 2. The van der Waals surface area contributed by atoms with E-state index in [1.165, 1.54) is 41.0 Å². The number of imide groups is 2. The van der Waals surface area contributed by atoms with Crippen LogP contribution in [0.3, 0.4) is 0 Å². The predicted molar refractivity (Wildman–Crippen MR) is 226 cm³/mol. The van der Waals surface area contributed by atoms with Gasteiger partial charge in [0.2, 0.25) is 0 Å². The molecule has 0 atom stereocenters. The second kappa shape index (κ2) is 17.9. The first-order valence-corrected chi connectivity index (χ1v) is 18.9. The Kier molecular flexibility index (Phi) is 12.4. The highest BCUT2D eigenvalue weighted by Gasteiger charge is 2.27. The number of hydrogen-bond acceptors (Lipinski definition) is 4. The lowest BCUT2D eigenvalue weighted by Gasteiger charge is -2.22. The molecule has 0 saturated carbocycles. The molecule has 0 saturated heterocycles. The minimum Gasteiger partial charge on any atom is -0.269 e. The molecule has 56 heavy (non-hydrogen) atoms. The summed E-state index contributed by atoms with van der Waals surface area (Å²) in [5.41, 5.74) is 10.2. The second-order valence-corrected chi connectivity index (χ2v) is 13.4. The number of hydrogen-bond donors (Lipinski definition) is 0. The van der Waals surface area contributed by atoms with Crippen LogP contribution in [0.4, 0.5) is 11.4 Å². The lowest BCUT2D eigenvalue weighted by molar-refractivity contribution is -0.121. The molecule has 6 heteroatoms. The third kappa shape index (κ3) is 8.72. The van der Waals surface area contributed by atoms with E-state index in [0.29, 0.717) is 17.3 Å². The molecule has 2 heterocycles. The average molecular weight is 737 g/mol. The van der Waals surface area contributed by atoms with Crippen LogP contribution in [-0.2, 0) is 19.2 Å². The smallest absolute Gasteiger partial charge is 0.258 e. The Hall–Kier alpha value is -6.92. The summed E-state index contributed by atoms with van der Waals surface area (Å²) in [6.07, 6.45) is 5.06. The van der Waals surface area contributed by atoms with Gasteiger partial charge in [0.25, 0.3) is 23.6 Å². The molecule has 0 unspecified atom stereocenters. The highest BCUT2D eigenvalue weighted by Crippen LogP contribution is 2.36. The maximum absolute atomic E-state index is 12.1. The molecular weight excluding hydrogens is 693 g/mol. The molecule has 278 valence electrons. The molecule has 2 aliphatic heterocycles. The van der Waals surface area contributed by atoms with Crippen molar-refractivity contribution in [3.8, 4) is 22.3 Å². The fraction of sp³-hybridized carbons (Fsp3) is 0.120. The van der Waals surface area contributed by atoms with E-state index in [-0.39, 0.29) is 29.5 Å². The minimum absolute atomic E-state index is 0.177. The number of carbonyl (C=O) groups is 4. The summed E-state index contributed by atoms with van der Waals surface area (Å²) in [6.45, 7) is 8.44. The summed E-state index contributed by atoms with van der Waals surface area (Å²) in [6, 6.07) is 52.5. The van der Waals surface area contributed by atoms with Crippen molar-refractivity contribution in [3.05, 3.63) is 204 Å². The van der Waals surface area contributed by atoms with Crippen molar-refractivity contribution in [3.63, 3.8) is 0 Å². The third-order valence-corrected chi connectivity index (χ3v) is 9.62. The fourth-order valence-electron chi connectivity index (χ4n) is 6.71. The van der Waals surface area contributed by atoms with Gasteiger partial charge < -0.3 is 0 Å². The Morgan fingerprint density at radius 2 is 0.607 bits per heavy atom. The standard InChI is InChI=1S/C33H22N2O4.C15H16.C2H6/c36-29-18-19-30(37)34(29)27-14-10-25(11-15-27)33(24-8-6-23(7-9-24)22-4-2-1-3-5-22)26-12-16-28(17-13-26)35-31(38)20-21-32(35)39;1-12(2)13-8-10-15(11-9-13)14-6-4-3-5-7-14;1-2/h1-21,33H;3-12H,1-2H3;1-2H3. The van der Waals surface area contributed by atoms with E-state index in [0.717, 1.165) is 37.6 Å². The van der Waals surface area contributed by atoms with E-state index in [2.05, 4.69) is 98.8 Å². The normalized spacial score (nSPS) is 13.2. The maximum Gasteiger partial charge on any atom is 0.258 e. The first-order valence-electron chi connectivity index (χ1n) is 18.9. The molecule has 0 fully saturated rings. The monoisotopic (exact) mass is 736 g/mol. The zero-order valence-electron chi connectivity index (χ0n) is 32.0. The van der Waals surface area contributed by atoms with E-state index >= 15 is 0 Å². The quantitative estimate of drug-likeness (QED) is 0.115. The molecule has 2 aliphatic rings. The summed E-state index contributed by atoms with van der Waals surface area (Å²) < 4.78 is 0. The van der Waals surface area contributed by atoms with E-state index in [4.69, 9.17) is 0 Å². The van der Waals surface area contributed by atoms with Gasteiger partial charge in [0.15, 0.2) is 0 Å². The van der Waals surface area contributed by atoms with Crippen LogP contribution in [0.15, 0.2) is 182 Å². The molecule has 0 aliphatic carbocycles. The van der Waals surface area contributed by atoms with Crippen LogP contribution in [0.5, 0.6) is 0 Å². The molecule has 8 rings (SSSR count). The summed E-state index contributed by atoms with van der Waals surface area (Å²) in [5, 5.41) is 0. The summed E-state index contributed by atoms with van der Waals surface area (Å²) >= 11 is 0. The molecular formula is C50H44N2O4. The molecule has 0 bridgehead atoms. The molecule has 0 spiro atoms. The Labute approximate surface area is 329 Å². The van der Waals surface area contributed by atoms with Crippen LogP contribution in [0, 0.1) is 0 Å². The van der Waals surface area contributed by atoms with E-state index < -0.39 is 0 Å². The van der Waals surface area contributed by atoms with Gasteiger partial charge in [-0.3, -0.25) is 19.2 Å². The molecule has 6 nitrogen and oxygen atoms in total. The predicted octanol–water partition coefficient (Wildman–Crippen LogP) is 10.9. The Bertz CT molecular complexity index is 2220. The van der Waals surface area contributed by atoms with Crippen LogP contribution in [0.2, 0.25) is 0 Å². The average Bonchev–Trinajstić information content (AvgIpc) is 3.78. The Morgan fingerprint density at radius 3 is 0.911 bits per heavy atom. The van der Waals surface area contributed by atoms with Crippen molar-refractivity contribution in [1.82, 2.24) is 0 Å². The first-order chi connectivity index (χ1) is 27.3. The maximum atomic E-state index is 12.1. The van der Waals surface area contributed by atoms with Crippen LogP contribution < -0.4 is 9.80 Å². The third-order valence-electron chi connectivity index (χ3n) is 9.62. The molecule has 6 aromatic carbocycles. The Morgan fingerprint density at radius 1 is 0.339 bits per heavy atom. The van der Waals surface area contributed by atoms with Crippen molar-refractivity contribution >= 4 is 35.0 Å². The van der Waals surface area contributed by atoms with Crippen molar-refractivity contribution in [2.24, 2.45) is 0 Å². The first kappa shape index (κ1) is 38.8. The summed E-state index contributed by atoms with van der Waals surface area (Å²) in [7, 11) is 0. The van der Waals surface area contributed by atoms with Gasteiger partial charge >= 0.3 is 0 Å². The van der Waals surface area contributed by atoms with Gasteiger partial charge in [0.1, 0.15) is 0 Å². The van der Waals surface area contributed by atoms with E-state index in [1.54, 1.807) is 24.3 Å². The van der Waals surface area contributed by atoms with Gasteiger partial charge in [0.05, 0.1) is 11.4 Å². The van der Waals surface area contributed by atoms with Crippen LogP contribution >= 0.6 is 0 Å². The largest absolute Gasteiger partial charge is 0.269 e. The van der Waals surface area contributed by atoms with Gasteiger partial charge in [-0.2, -0.15) is 0 Å². The van der Waals surface area contributed by atoms with Crippen molar-refractivity contribution < 1.29 is 19.2 Å². The number of anilines is 2. The van der Waals surface area contributed by atoms with E-state index in [9.17, 15) is 19.2 Å². The van der Waals surface area contributed by atoms with E-state index in [1.807, 2.05) is 62.4 Å². The number of rotatable bonds is 8. The van der Waals surface area contributed by atoms with Crippen molar-refractivity contribution in [2.75, 3.05) is 9.80 Å². The van der Waals surface area contributed by atoms with Gasteiger partial charge in [-0.25, -0.2) is 9.80 Å². The zero-order valence-corrected chi connectivity index (χ0v) is 32.0. The number of amides is 4. The topological polar surface area (TPSA) is 74.8 Å². The van der Waals surface area contributed by atoms with Gasteiger partial charge in [-0.15, -0.1) is 0 Å². The highest BCUT2D eigenvalue weighted by molar-refractivity contribution is 6.28. The zero-order chi connectivity index (χ0) is 39.6. The van der Waals surface area contributed by atoms with Gasteiger partial charge in [-0.05, 0) is 74.7 Å². The molecule has 4 amide bonds. The Balaban J connectivity index is 0.000000261. The summed E-state index contributed by atoms with van der Waals surface area (Å²) in [5.74, 6) is -1.03. The molecule has 0 radical (unpaired) electrons. The highest BCUT2D eigenvalue weighted by atomic mass is 16.2. The van der Waals surface area contributed by atoms with Crippen molar-refractivity contribution in [1.29, 1.82) is 0 Å². The second-order valence-electron chi connectivity index (χ2n) is 13.4. The lowest BCUT2D eigenvalue weighted by atomic mass is 9.84. The molecule has 0 aromatic heterocycles. The van der Waals surface area contributed by atoms with Crippen LogP contribution in [0.25, 0.3) is 22.3 Å². The summed E-state index contributed by atoms with van der Waals surface area (Å²) in [4.78, 5) is 50.9. The van der Waals surface area contributed by atoms with Gasteiger partial charge in [0, 0.05) is 30.2 Å². The van der Waals surface area contributed by atoms with Crippen LogP contribution in [0.1, 0.15) is 61.8 Å².